The highest BCUT2D eigenvalue weighted by molar-refractivity contribution is 7.99. The molecule has 0 fully saturated rings. The number of aryl methyl sites for hydroxylation is 1. The molecule has 0 aliphatic heterocycles. The predicted octanol–water partition coefficient (Wildman–Crippen LogP) is 6.25. The molecule has 2 heterocycles. The van der Waals surface area contributed by atoms with Crippen molar-refractivity contribution in [2.24, 2.45) is 5.92 Å². The highest BCUT2D eigenvalue weighted by Crippen LogP contribution is 2.32. The third-order valence-corrected chi connectivity index (χ3v) is 6.15. The fourth-order valence-corrected chi connectivity index (χ4v) is 4.48. The van der Waals surface area contributed by atoms with Gasteiger partial charge < -0.3 is 9.30 Å². The molecule has 2 aromatic heterocycles. The van der Waals surface area contributed by atoms with E-state index in [9.17, 15) is 0 Å². The average molecular weight is 412 g/mol. The van der Waals surface area contributed by atoms with Gasteiger partial charge in [0.05, 0.1) is 11.0 Å². The maximum absolute atomic E-state index is 5.33. The summed E-state index contributed by atoms with van der Waals surface area (Å²) in [6.07, 6.45) is 2.21. The Morgan fingerprint density at radius 3 is 2.59 bits per heavy atom. The van der Waals surface area contributed by atoms with Crippen molar-refractivity contribution < 1.29 is 4.74 Å². The van der Waals surface area contributed by atoms with Crippen molar-refractivity contribution in [2.75, 3.05) is 13.7 Å². The van der Waals surface area contributed by atoms with Gasteiger partial charge >= 0.3 is 0 Å². The van der Waals surface area contributed by atoms with Crippen LogP contribution in [0.25, 0.3) is 11.0 Å². The lowest BCUT2D eigenvalue weighted by Crippen LogP contribution is -2.22. The van der Waals surface area contributed by atoms with Gasteiger partial charge in [-0.15, -0.1) is 0 Å². The number of hydrogen-bond donors (Lipinski definition) is 0. The summed E-state index contributed by atoms with van der Waals surface area (Å²) in [4.78, 5) is 10.9. The Morgan fingerprint density at radius 2 is 1.93 bits per heavy atom. The van der Waals surface area contributed by atoms with Gasteiger partial charge in [0.1, 0.15) is 10.9 Å². The first-order chi connectivity index (χ1) is 13.8. The zero-order valence-electron chi connectivity index (χ0n) is 18.5. The fourth-order valence-electron chi connectivity index (χ4n) is 3.59. The highest BCUT2D eigenvalue weighted by Gasteiger charge is 2.24. The third kappa shape index (κ3) is 5.40. The van der Waals surface area contributed by atoms with Gasteiger partial charge in [-0.2, -0.15) is 0 Å². The first-order valence-corrected chi connectivity index (χ1v) is 11.2. The van der Waals surface area contributed by atoms with E-state index < -0.39 is 0 Å². The maximum atomic E-state index is 5.33. The van der Waals surface area contributed by atoms with Gasteiger partial charge in [-0.3, -0.25) is 0 Å². The Hall–Kier alpha value is -1.85. The Balaban J connectivity index is 1.96. The van der Waals surface area contributed by atoms with Crippen LogP contribution in [-0.4, -0.2) is 28.3 Å². The fraction of sp³-hybridized carbons (Fsp3) is 0.500. The van der Waals surface area contributed by atoms with E-state index in [4.69, 9.17) is 9.72 Å². The van der Waals surface area contributed by atoms with Crippen LogP contribution in [0.3, 0.4) is 0 Å². The molecule has 0 radical (unpaired) electrons. The molecule has 29 heavy (non-hydrogen) atoms. The second kappa shape index (κ2) is 9.31. The van der Waals surface area contributed by atoms with Crippen LogP contribution in [0.15, 0.2) is 46.3 Å². The summed E-state index contributed by atoms with van der Waals surface area (Å²) in [5.41, 5.74) is 3.31. The number of pyridine rings is 1. The monoisotopic (exact) mass is 411 g/mol. The predicted molar refractivity (Wildman–Crippen MR) is 122 cm³/mol. The second-order valence-electron chi connectivity index (χ2n) is 8.72. The summed E-state index contributed by atoms with van der Waals surface area (Å²) >= 11 is 1.69. The summed E-state index contributed by atoms with van der Waals surface area (Å²) in [6.45, 7) is 12.8. The van der Waals surface area contributed by atoms with Crippen molar-refractivity contribution in [3.05, 3.63) is 47.9 Å². The molecule has 1 aromatic carbocycles. The second-order valence-corrected chi connectivity index (χ2v) is 9.82. The van der Waals surface area contributed by atoms with E-state index in [1.165, 1.54) is 10.4 Å². The molecular weight excluding hydrogens is 378 g/mol. The molecule has 1 unspecified atom stereocenters. The van der Waals surface area contributed by atoms with Crippen LogP contribution in [0.2, 0.25) is 0 Å². The van der Waals surface area contributed by atoms with Crippen LogP contribution in [0.5, 0.6) is 0 Å². The molecule has 0 bridgehead atoms. The first-order valence-electron chi connectivity index (χ1n) is 10.4. The van der Waals surface area contributed by atoms with E-state index in [1.807, 2.05) is 13.0 Å². The van der Waals surface area contributed by atoms with E-state index in [0.717, 1.165) is 48.1 Å². The van der Waals surface area contributed by atoms with E-state index in [1.54, 1.807) is 18.9 Å². The molecule has 5 heteroatoms. The molecule has 3 rings (SSSR count). The number of ether oxygens (including phenoxy) is 1. The van der Waals surface area contributed by atoms with Crippen molar-refractivity contribution in [1.29, 1.82) is 0 Å². The van der Waals surface area contributed by atoms with Crippen molar-refractivity contribution in [1.82, 2.24) is 14.5 Å². The Labute approximate surface area is 179 Å². The quantitative estimate of drug-likeness (QED) is 0.439. The number of aromatic nitrogens is 3. The molecule has 0 spiro atoms. The van der Waals surface area contributed by atoms with Gasteiger partial charge in [0.15, 0.2) is 0 Å². The van der Waals surface area contributed by atoms with Crippen molar-refractivity contribution >= 4 is 22.8 Å². The minimum Gasteiger partial charge on any atom is -0.385 e. The van der Waals surface area contributed by atoms with Crippen LogP contribution in [0.1, 0.15) is 52.1 Å². The van der Waals surface area contributed by atoms with Crippen LogP contribution in [0, 0.1) is 12.8 Å². The highest BCUT2D eigenvalue weighted by atomic mass is 32.2. The molecular formula is C24H33N3OS. The normalized spacial score (nSPS) is 13.2. The molecule has 1 atom stereocenters. The summed E-state index contributed by atoms with van der Waals surface area (Å²) in [6, 6.07) is 12.8. The summed E-state index contributed by atoms with van der Waals surface area (Å²) < 4.78 is 7.75. The number of imidazole rings is 1. The molecule has 156 valence electrons. The Bertz CT molecular complexity index is 958. The number of rotatable bonds is 8. The zero-order valence-corrected chi connectivity index (χ0v) is 19.3. The number of nitrogens with zero attached hydrogens (tertiary/aromatic N) is 3. The lowest BCUT2D eigenvalue weighted by atomic mass is 9.95. The van der Waals surface area contributed by atoms with Crippen LogP contribution in [0.4, 0.5) is 0 Å². The SMILES string of the molecule is CCC(CCOC)Cn1c(C(C)(C)C)nc2cc(Sc3cccc(C)n3)ccc21. The molecule has 0 N–H and O–H groups in total. The largest absolute Gasteiger partial charge is 0.385 e. The molecule has 0 aliphatic carbocycles. The third-order valence-electron chi connectivity index (χ3n) is 5.22. The van der Waals surface area contributed by atoms with Gasteiger partial charge in [-0.05, 0) is 49.6 Å². The minimum absolute atomic E-state index is 0.00995. The Morgan fingerprint density at radius 1 is 1.14 bits per heavy atom. The number of benzene rings is 1. The standard InChI is InChI=1S/C24H33N3OS/c1-7-18(13-14-28-6)16-27-21-12-11-19(29-22-10-8-9-17(2)25-22)15-20(21)26-23(27)24(3,4)5/h8-12,15,18H,7,13-14,16H2,1-6H3. The number of hydrogen-bond acceptors (Lipinski definition) is 4. The average Bonchev–Trinajstić information content (AvgIpc) is 3.03. The lowest BCUT2D eigenvalue weighted by molar-refractivity contribution is 0.171. The molecule has 3 aromatic rings. The van der Waals surface area contributed by atoms with Gasteiger partial charge in [0, 0.05) is 36.3 Å². The summed E-state index contributed by atoms with van der Waals surface area (Å²) in [5.74, 6) is 1.73. The number of fused-ring (bicyclic) bond motifs is 1. The van der Waals surface area contributed by atoms with E-state index in [-0.39, 0.29) is 5.41 Å². The topological polar surface area (TPSA) is 39.9 Å². The van der Waals surface area contributed by atoms with Crippen molar-refractivity contribution in [3.63, 3.8) is 0 Å². The molecule has 0 saturated carbocycles. The Kier molecular flexibility index (Phi) is 7.01. The smallest absolute Gasteiger partial charge is 0.115 e. The van der Waals surface area contributed by atoms with Crippen LogP contribution >= 0.6 is 11.8 Å². The zero-order chi connectivity index (χ0) is 21.0. The van der Waals surface area contributed by atoms with Crippen molar-refractivity contribution in [2.45, 2.75) is 69.3 Å². The van der Waals surface area contributed by atoms with E-state index in [0.29, 0.717) is 5.92 Å². The van der Waals surface area contributed by atoms with Crippen LogP contribution in [-0.2, 0) is 16.7 Å². The summed E-state index contributed by atoms with van der Waals surface area (Å²) in [5, 5.41) is 1.02. The maximum Gasteiger partial charge on any atom is 0.115 e. The van der Waals surface area contributed by atoms with Crippen molar-refractivity contribution in [3.8, 4) is 0 Å². The minimum atomic E-state index is -0.00995. The first kappa shape index (κ1) is 21.8. The van der Waals surface area contributed by atoms with Gasteiger partial charge in [-0.25, -0.2) is 9.97 Å². The number of methoxy groups -OCH3 is 1. The van der Waals surface area contributed by atoms with Crippen LogP contribution < -0.4 is 0 Å². The van der Waals surface area contributed by atoms with Gasteiger partial charge in [-0.1, -0.05) is 51.9 Å². The molecule has 0 saturated heterocycles. The van der Waals surface area contributed by atoms with E-state index in [2.05, 4.69) is 67.6 Å². The lowest BCUT2D eigenvalue weighted by Gasteiger charge is -2.23. The molecule has 0 amide bonds. The van der Waals surface area contributed by atoms with Gasteiger partial charge in [0.2, 0.25) is 0 Å². The summed E-state index contributed by atoms with van der Waals surface area (Å²) in [7, 11) is 1.78. The molecule has 4 nitrogen and oxygen atoms in total. The van der Waals surface area contributed by atoms with E-state index >= 15 is 0 Å². The molecule has 0 aliphatic rings. The van der Waals surface area contributed by atoms with Gasteiger partial charge in [0.25, 0.3) is 0 Å².